The number of ether oxygens (including phenoxy) is 2. The summed E-state index contributed by atoms with van der Waals surface area (Å²) in [6, 6.07) is 1.76. The quantitative estimate of drug-likeness (QED) is 0.322. The molecule has 1 aromatic heterocycles. The molecule has 0 aliphatic heterocycles. The van der Waals surface area contributed by atoms with Gasteiger partial charge in [0.15, 0.2) is 5.76 Å². The summed E-state index contributed by atoms with van der Waals surface area (Å²) in [6.45, 7) is 8.04. The van der Waals surface area contributed by atoms with E-state index in [4.69, 9.17) is 19.7 Å². The minimum absolute atomic E-state index is 0.220. The summed E-state index contributed by atoms with van der Waals surface area (Å²) in [5.41, 5.74) is 2.77. The number of carbonyl (C=O) groups excluding carboxylic acids is 1. The summed E-state index contributed by atoms with van der Waals surface area (Å²) in [4.78, 5) is 11.3. The van der Waals surface area contributed by atoms with Crippen molar-refractivity contribution in [2.75, 3.05) is 19.8 Å². The van der Waals surface area contributed by atoms with Crippen molar-refractivity contribution >= 4 is 5.91 Å². The summed E-state index contributed by atoms with van der Waals surface area (Å²) >= 11 is 0. The maximum atomic E-state index is 11.3. The highest BCUT2D eigenvalue weighted by atomic mass is 16.5. The van der Waals surface area contributed by atoms with Gasteiger partial charge in [0, 0.05) is 12.2 Å². The van der Waals surface area contributed by atoms with Crippen LogP contribution in [0, 0.1) is 12.8 Å². The lowest BCUT2D eigenvalue weighted by molar-refractivity contribution is 0.0261. The Bertz CT molecular complexity index is 401. The number of hydrazine groups is 1. The van der Waals surface area contributed by atoms with Crippen LogP contribution in [0.4, 0.5) is 0 Å². The number of hydrogen-bond acceptors (Lipinski definition) is 5. The molecule has 0 atom stereocenters. The van der Waals surface area contributed by atoms with Crippen molar-refractivity contribution in [3.05, 3.63) is 23.2 Å². The Kier molecular flexibility index (Phi) is 6.55. The van der Waals surface area contributed by atoms with Gasteiger partial charge < -0.3 is 13.9 Å². The first-order valence-electron chi connectivity index (χ1n) is 6.30. The zero-order chi connectivity index (χ0) is 14.3. The molecule has 0 bridgehead atoms. The van der Waals surface area contributed by atoms with E-state index in [2.05, 4.69) is 13.8 Å². The molecule has 0 fully saturated rings. The molecule has 3 N–H and O–H groups in total. The van der Waals surface area contributed by atoms with Crippen LogP contribution in [-0.2, 0) is 16.1 Å². The molecule has 0 aliphatic rings. The van der Waals surface area contributed by atoms with Crippen molar-refractivity contribution in [2.24, 2.45) is 11.8 Å². The van der Waals surface area contributed by atoms with Gasteiger partial charge in [-0.15, -0.1) is 0 Å². The maximum absolute atomic E-state index is 11.3. The molecule has 6 heteroatoms. The van der Waals surface area contributed by atoms with Gasteiger partial charge in [0.1, 0.15) is 12.4 Å². The maximum Gasteiger partial charge on any atom is 0.301 e. The van der Waals surface area contributed by atoms with Crippen molar-refractivity contribution < 1.29 is 18.7 Å². The van der Waals surface area contributed by atoms with E-state index in [9.17, 15) is 4.79 Å². The van der Waals surface area contributed by atoms with Gasteiger partial charge in [-0.25, -0.2) is 5.84 Å². The molecule has 0 aliphatic carbocycles. The normalized spacial score (nSPS) is 11.0. The number of carbonyl (C=O) groups is 1. The standard InChI is InChI=1S/C13H22N2O4/c1-9(2)7-17-4-5-18-8-11-6-10(3)12(19-11)13(16)15-14/h6,9H,4-5,7-8,14H2,1-3H3,(H,15,16). The smallest absolute Gasteiger partial charge is 0.301 e. The van der Waals surface area contributed by atoms with Gasteiger partial charge in [-0.2, -0.15) is 0 Å². The summed E-state index contributed by atoms with van der Waals surface area (Å²) in [6.07, 6.45) is 0. The SMILES string of the molecule is Cc1cc(COCCOCC(C)C)oc1C(=O)NN. The van der Waals surface area contributed by atoms with E-state index >= 15 is 0 Å². The number of hydrogen-bond donors (Lipinski definition) is 2. The molecule has 0 aromatic carbocycles. The molecular formula is C13H22N2O4. The Morgan fingerprint density at radius 3 is 2.74 bits per heavy atom. The first-order valence-corrected chi connectivity index (χ1v) is 6.30. The Hall–Kier alpha value is -1.37. The van der Waals surface area contributed by atoms with Crippen LogP contribution in [0.3, 0.4) is 0 Å². The zero-order valence-corrected chi connectivity index (χ0v) is 11.7. The lowest BCUT2D eigenvalue weighted by atomic mass is 10.2. The molecule has 0 radical (unpaired) electrons. The Balaban J connectivity index is 2.28. The van der Waals surface area contributed by atoms with Crippen LogP contribution in [0.1, 0.15) is 35.7 Å². The molecular weight excluding hydrogens is 248 g/mol. The minimum atomic E-state index is -0.441. The van der Waals surface area contributed by atoms with Crippen LogP contribution in [0.5, 0.6) is 0 Å². The summed E-state index contributed by atoms with van der Waals surface area (Å²) < 4.78 is 16.1. The Morgan fingerprint density at radius 1 is 1.42 bits per heavy atom. The van der Waals surface area contributed by atoms with Crippen LogP contribution in [0.15, 0.2) is 10.5 Å². The predicted molar refractivity (Wildman–Crippen MR) is 70.4 cm³/mol. The topological polar surface area (TPSA) is 86.7 Å². The number of nitrogen functional groups attached to an aromatic ring is 1. The molecule has 19 heavy (non-hydrogen) atoms. The summed E-state index contributed by atoms with van der Waals surface area (Å²) in [5, 5.41) is 0. The molecule has 1 amide bonds. The minimum Gasteiger partial charge on any atom is -0.453 e. The monoisotopic (exact) mass is 270 g/mol. The average Bonchev–Trinajstić information content (AvgIpc) is 2.73. The third-order valence-electron chi connectivity index (χ3n) is 2.37. The van der Waals surface area contributed by atoms with Crippen LogP contribution in [0.2, 0.25) is 0 Å². The van der Waals surface area contributed by atoms with Crippen molar-refractivity contribution in [1.82, 2.24) is 5.43 Å². The molecule has 0 spiro atoms. The van der Waals surface area contributed by atoms with E-state index in [1.54, 1.807) is 13.0 Å². The van der Waals surface area contributed by atoms with E-state index < -0.39 is 5.91 Å². The average molecular weight is 270 g/mol. The van der Waals surface area contributed by atoms with E-state index in [-0.39, 0.29) is 5.76 Å². The highest BCUT2D eigenvalue weighted by Gasteiger charge is 2.14. The number of nitrogens with one attached hydrogen (secondary N) is 1. The number of amides is 1. The lowest BCUT2D eigenvalue weighted by Crippen LogP contribution is -2.30. The molecule has 0 unspecified atom stereocenters. The Labute approximate surface area is 113 Å². The van der Waals surface area contributed by atoms with Crippen molar-refractivity contribution in [1.29, 1.82) is 0 Å². The van der Waals surface area contributed by atoms with Crippen LogP contribution >= 0.6 is 0 Å². The highest BCUT2D eigenvalue weighted by molar-refractivity contribution is 5.92. The van der Waals surface area contributed by atoms with Gasteiger partial charge in [-0.1, -0.05) is 13.8 Å². The molecule has 1 rings (SSSR count). The van der Waals surface area contributed by atoms with Crippen LogP contribution in [0.25, 0.3) is 0 Å². The highest BCUT2D eigenvalue weighted by Crippen LogP contribution is 2.15. The molecule has 1 heterocycles. The van der Waals surface area contributed by atoms with Crippen LogP contribution < -0.4 is 11.3 Å². The fraction of sp³-hybridized carbons (Fsp3) is 0.615. The van der Waals surface area contributed by atoms with Gasteiger partial charge in [0.05, 0.1) is 13.2 Å². The van der Waals surface area contributed by atoms with Gasteiger partial charge in [-0.3, -0.25) is 10.2 Å². The molecule has 108 valence electrons. The Morgan fingerprint density at radius 2 is 2.11 bits per heavy atom. The van der Waals surface area contributed by atoms with Crippen LogP contribution in [-0.4, -0.2) is 25.7 Å². The fourth-order valence-electron chi connectivity index (χ4n) is 1.52. The number of nitrogens with two attached hydrogens (primary N) is 1. The number of rotatable bonds is 8. The second-order valence-electron chi connectivity index (χ2n) is 4.72. The molecule has 0 saturated heterocycles. The van der Waals surface area contributed by atoms with Crippen molar-refractivity contribution in [3.63, 3.8) is 0 Å². The fourth-order valence-corrected chi connectivity index (χ4v) is 1.52. The largest absolute Gasteiger partial charge is 0.453 e. The van der Waals surface area contributed by atoms with Gasteiger partial charge >= 0.3 is 5.91 Å². The third kappa shape index (κ3) is 5.42. The zero-order valence-electron chi connectivity index (χ0n) is 11.7. The first kappa shape index (κ1) is 15.7. The lowest BCUT2D eigenvalue weighted by Gasteiger charge is -2.06. The van der Waals surface area contributed by atoms with Crippen molar-refractivity contribution in [3.8, 4) is 0 Å². The molecule has 6 nitrogen and oxygen atoms in total. The van der Waals surface area contributed by atoms with E-state index in [1.807, 2.05) is 5.43 Å². The van der Waals surface area contributed by atoms with Crippen molar-refractivity contribution in [2.45, 2.75) is 27.4 Å². The van der Waals surface area contributed by atoms with Gasteiger partial charge in [-0.05, 0) is 18.9 Å². The summed E-state index contributed by atoms with van der Waals surface area (Å²) in [7, 11) is 0. The predicted octanol–water partition coefficient (Wildman–Crippen LogP) is 1.38. The number of furan rings is 1. The molecule has 0 saturated carbocycles. The summed E-state index contributed by atoms with van der Waals surface area (Å²) in [5.74, 6) is 5.95. The first-order chi connectivity index (χ1) is 9.04. The second-order valence-corrected chi connectivity index (χ2v) is 4.72. The van der Waals surface area contributed by atoms with E-state index in [0.717, 1.165) is 12.2 Å². The third-order valence-corrected chi connectivity index (χ3v) is 2.37. The number of aryl methyl sites for hydroxylation is 1. The van der Waals surface area contributed by atoms with E-state index in [0.29, 0.717) is 31.5 Å². The van der Waals surface area contributed by atoms with Gasteiger partial charge in [0.25, 0.3) is 0 Å². The van der Waals surface area contributed by atoms with Gasteiger partial charge in [0.2, 0.25) is 0 Å². The van der Waals surface area contributed by atoms with E-state index in [1.165, 1.54) is 0 Å². The molecule has 1 aromatic rings. The second kappa shape index (κ2) is 7.93.